The molecule has 0 saturated carbocycles. The van der Waals surface area contributed by atoms with Crippen LogP contribution in [-0.2, 0) is 11.2 Å². The van der Waals surface area contributed by atoms with Crippen molar-refractivity contribution in [1.82, 2.24) is 15.0 Å². The highest BCUT2D eigenvalue weighted by Gasteiger charge is 2.21. The molecule has 1 aromatic heterocycles. The predicted octanol–water partition coefficient (Wildman–Crippen LogP) is 2.51. The Hall–Kier alpha value is -2.41. The first-order valence-corrected chi connectivity index (χ1v) is 8.75. The number of carbonyl (C=O) groups excluding carboxylic acids is 1. The lowest BCUT2D eigenvalue weighted by atomic mass is 9.93. The van der Waals surface area contributed by atoms with Gasteiger partial charge in [-0.3, -0.25) is 4.79 Å². The maximum Gasteiger partial charge on any atom is 0.226 e. The van der Waals surface area contributed by atoms with Crippen molar-refractivity contribution in [3.05, 3.63) is 30.2 Å². The molecule has 2 rings (SSSR count). The highest BCUT2D eigenvalue weighted by molar-refractivity contribution is 5.75. The van der Waals surface area contributed by atoms with E-state index in [9.17, 15) is 4.79 Å². The fourth-order valence-corrected chi connectivity index (χ4v) is 2.59. The van der Waals surface area contributed by atoms with Gasteiger partial charge >= 0.3 is 0 Å². The van der Waals surface area contributed by atoms with Gasteiger partial charge in [-0.05, 0) is 42.6 Å². The molecule has 26 heavy (non-hydrogen) atoms. The average molecular weight is 360 g/mol. The largest absolute Gasteiger partial charge is 0.497 e. The normalized spacial score (nSPS) is 11.4. The third-order valence-electron chi connectivity index (χ3n) is 4.24. The average Bonchev–Trinajstić information content (AvgIpc) is 3.10. The molecule has 2 aromatic rings. The Bertz CT molecular complexity index is 710. The van der Waals surface area contributed by atoms with Gasteiger partial charge < -0.3 is 19.9 Å². The smallest absolute Gasteiger partial charge is 0.226 e. The molecule has 0 aliphatic heterocycles. The van der Waals surface area contributed by atoms with Gasteiger partial charge in [-0.2, -0.15) is 4.98 Å². The summed E-state index contributed by atoms with van der Waals surface area (Å²) in [6.07, 6.45) is 1.68. The number of amides is 1. The highest BCUT2D eigenvalue weighted by Crippen LogP contribution is 2.20. The van der Waals surface area contributed by atoms with E-state index in [2.05, 4.69) is 24.0 Å². The summed E-state index contributed by atoms with van der Waals surface area (Å²) < 4.78 is 10.4. The van der Waals surface area contributed by atoms with E-state index in [1.165, 1.54) is 0 Å². The Balaban J connectivity index is 1.83. The van der Waals surface area contributed by atoms with E-state index in [-0.39, 0.29) is 11.3 Å². The topological polar surface area (TPSA) is 94.5 Å². The minimum Gasteiger partial charge on any atom is -0.497 e. The number of benzene rings is 1. The van der Waals surface area contributed by atoms with Crippen LogP contribution in [0.1, 0.15) is 32.6 Å². The van der Waals surface area contributed by atoms with Gasteiger partial charge in [-0.15, -0.1) is 0 Å². The summed E-state index contributed by atoms with van der Waals surface area (Å²) in [5.41, 5.74) is 6.51. The van der Waals surface area contributed by atoms with Crippen molar-refractivity contribution in [2.75, 3.05) is 27.2 Å². The Labute approximate surface area is 154 Å². The Morgan fingerprint density at radius 2 is 2.00 bits per heavy atom. The summed E-state index contributed by atoms with van der Waals surface area (Å²) in [5.74, 6) is 1.95. The van der Waals surface area contributed by atoms with Gasteiger partial charge in [0.2, 0.25) is 17.6 Å². The minimum atomic E-state index is -0.0792. The lowest BCUT2D eigenvalue weighted by Gasteiger charge is -2.29. The second-order valence-corrected chi connectivity index (χ2v) is 7.21. The zero-order chi connectivity index (χ0) is 19.2. The van der Waals surface area contributed by atoms with E-state index >= 15 is 0 Å². The zero-order valence-electron chi connectivity index (χ0n) is 16.0. The molecular formula is C19H28N4O3. The van der Waals surface area contributed by atoms with E-state index < -0.39 is 0 Å². The number of nitrogens with zero attached hydrogens (tertiary/aromatic N) is 3. The number of methoxy groups -OCH3 is 1. The molecule has 0 aliphatic rings. The molecule has 2 N–H and O–H groups in total. The molecular weight excluding hydrogens is 332 g/mol. The quantitative estimate of drug-likeness (QED) is 0.738. The monoisotopic (exact) mass is 360 g/mol. The van der Waals surface area contributed by atoms with Gasteiger partial charge in [0.05, 0.1) is 7.11 Å². The van der Waals surface area contributed by atoms with Gasteiger partial charge in [0.25, 0.3) is 0 Å². The summed E-state index contributed by atoms with van der Waals surface area (Å²) in [7, 11) is 3.44. The molecule has 0 unspecified atom stereocenters. The molecule has 0 fully saturated rings. The van der Waals surface area contributed by atoms with Crippen LogP contribution in [0.3, 0.4) is 0 Å². The molecule has 142 valence electrons. The first-order chi connectivity index (χ1) is 12.3. The molecule has 0 bridgehead atoms. The summed E-state index contributed by atoms with van der Waals surface area (Å²) in [4.78, 5) is 18.4. The predicted molar refractivity (Wildman–Crippen MR) is 99.7 cm³/mol. The minimum absolute atomic E-state index is 0.0792. The van der Waals surface area contributed by atoms with E-state index in [0.29, 0.717) is 44.1 Å². The van der Waals surface area contributed by atoms with Crippen LogP contribution in [-0.4, -0.2) is 48.2 Å². The fraction of sp³-hybridized carbons (Fsp3) is 0.526. The van der Waals surface area contributed by atoms with Gasteiger partial charge in [-0.1, -0.05) is 19.0 Å². The van der Waals surface area contributed by atoms with Crippen LogP contribution in [0.25, 0.3) is 11.4 Å². The van der Waals surface area contributed by atoms with Crippen LogP contribution in [0.4, 0.5) is 0 Å². The zero-order valence-corrected chi connectivity index (χ0v) is 16.0. The molecule has 7 nitrogen and oxygen atoms in total. The molecule has 0 aliphatic carbocycles. The van der Waals surface area contributed by atoms with Gasteiger partial charge in [-0.25, -0.2) is 0 Å². The molecule has 0 radical (unpaired) electrons. The number of nitrogens with two attached hydrogens (primary N) is 1. The Kier molecular flexibility index (Phi) is 6.74. The first-order valence-electron chi connectivity index (χ1n) is 8.75. The maximum atomic E-state index is 12.2. The standard InChI is InChI=1S/C19H28N4O3/c1-19(2,12-20)13-23(3)17(24)7-5-6-16-21-18(22-26-16)14-8-10-15(25-4)11-9-14/h8-11H,5-7,12-13,20H2,1-4H3. The SMILES string of the molecule is COc1ccc(-c2noc(CCCC(=O)N(C)CC(C)(C)CN)n2)cc1. The molecule has 7 heteroatoms. The van der Waals surface area contributed by atoms with Crippen molar-refractivity contribution in [3.63, 3.8) is 0 Å². The molecule has 0 atom stereocenters. The van der Waals surface area contributed by atoms with Crippen molar-refractivity contribution in [2.45, 2.75) is 33.1 Å². The summed E-state index contributed by atoms with van der Waals surface area (Å²) in [6.45, 7) is 5.29. The third kappa shape index (κ3) is 5.56. The van der Waals surface area contributed by atoms with Crippen LogP contribution < -0.4 is 10.5 Å². The number of rotatable bonds is 9. The van der Waals surface area contributed by atoms with Crippen molar-refractivity contribution >= 4 is 5.91 Å². The molecule has 1 amide bonds. The van der Waals surface area contributed by atoms with Crippen molar-refractivity contribution in [1.29, 1.82) is 0 Å². The van der Waals surface area contributed by atoms with Crippen LogP contribution in [0.5, 0.6) is 5.75 Å². The second kappa shape index (κ2) is 8.80. The number of aromatic nitrogens is 2. The summed E-state index contributed by atoms with van der Waals surface area (Å²) >= 11 is 0. The lowest BCUT2D eigenvalue weighted by Crippen LogP contribution is -2.39. The maximum absolute atomic E-state index is 12.2. The van der Waals surface area contributed by atoms with E-state index in [1.54, 1.807) is 12.0 Å². The fourth-order valence-electron chi connectivity index (χ4n) is 2.59. The van der Waals surface area contributed by atoms with Crippen LogP contribution in [0, 0.1) is 5.41 Å². The van der Waals surface area contributed by atoms with Crippen molar-refractivity contribution in [3.8, 4) is 17.1 Å². The lowest BCUT2D eigenvalue weighted by molar-refractivity contribution is -0.131. The molecule has 1 heterocycles. The Morgan fingerprint density at radius 1 is 1.31 bits per heavy atom. The van der Waals surface area contributed by atoms with Crippen LogP contribution >= 0.6 is 0 Å². The highest BCUT2D eigenvalue weighted by atomic mass is 16.5. The van der Waals surface area contributed by atoms with Crippen molar-refractivity contribution < 1.29 is 14.1 Å². The van der Waals surface area contributed by atoms with Gasteiger partial charge in [0.15, 0.2) is 0 Å². The summed E-state index contributed by atoms with van der Waals surface area (Å²) in [6, 6.07) is 7.46. The number of hydrogen-bond acceptors (Lipinski definition) is 6. The second-order valence-electron chi connectivity index (χ2n) is 7.21. The number of hydrogen-bond donors (Lipinski definition) is 1. The molecule has 0 saturated heterocycles. The van der Waals surface area contributed by atoms with E-state index in [4.69, 9.17) is 15.0 Å². The Morgan fingerprint density at radius 3 is 2.62 bits per heavy atom. The first kappa shape index (κ1) is 19.9. The third-order valence-corrected chi connectivity index (χ3v) is 4.24. The van der Waals surface area contributed by atoms with E-state index in [0.717, 1.165) is 11.3 Å². The number of aryl methyl sites for hydroxylation is 1. The molecule has 1 aromatic carbocycles. The van der Waals surface area contributed by atoms with Gasteiger partial charge in [0, 0.05) is 32.0 Å². The van der Waals surface area contributed by atoms with Crippen LogP contribution in [0.2, 0.25) is 0 Å². The van der Waals surface area contributed by atoms with Crippen molar-refractivity contribution in [2.24, 2.45) is 11.1 Å². The summed E-state index contributed by atoms with van der Waals surface area (Å²) in [5, 5.41) is 4.00. The number of ether oxygens (including phenoxy) is 1. The van der Waals surface area contributed by atoms with Crippen LogP contribution in [0.15, 0.2) is 28.8 Å². The molecule has 0 spiro atoms. The van der Waals surface area contributed by atoms with E-state index in [1.807, 2.05) is 31.3 Å². The number of carbonyl (C=O) groups is 1. The van der Waals surface area contributed by atoms with Gasteiger partial charge in [0.1, 0.15) is 5.75 Å².